The van der Waals surface area contributed by atoms with Crippen molar-refractivity contribution in [3.8, 4) is 11.5 Å². The van der Waals surface area contributed by atoms with E-state index in [0.29, 0.717) is 11.3 Å². The maximum Gasteiger partial charge on any atom is 0.131 e. The number of ether oxygens (including phenoxy) is 2. The van der Waals surface area contributed by atoms with Crippen LogP contribution in [0.25, 0.3) is 0 Å². The first-order chi connectivity index (χ1) is 10.1. The molecule has 5 heteroatoms. The Morgan fingerprint density at radius 2 is 2.05 bits per heavy atom. The number of halogens is 1. The number of methoxy groups -OCH3 is 1. The van der Waals surface area contributed by atoms with Gasteiger partial charge in [0.25, 0.3) is 0 Å². The molecule has 0 radical (unpaired) electrons. The van der Waals surface area contributed by atoms with E-state index < -0.39 is 0 Å². The summed E-state index contributed by atoms with van der Waals surface area (Å²) in [5, 5.41) is 0. The standard InChI is InChI=1S/C16H19FN2O2/c1-10-8-19-15(11(2)16(10)20-3)9-21-13-5-4-12(7-18)14(17)6-13/h4-6,8H,7,9,18H2,1-3H3. The molecule has 0 aliphatic heterocycles. The van der Waals surface area contributed by atoms with Gasteiger partial charge in [0.05, 0.1) is 12.8 Å². The molecule has 0 fully saturated rings. The summed E-state index contributed by atoms with van der Waals surface area (Å²) < 4.78 is 24.6. The fourth-order valence-corrected chi connectivity index (χ4v) is 2.15. The summed E-state index contributed by atoms with van der Waals surface area (Å²) in [4.78, 5) is 4.34. The maximum atomic E-state index is 13.6. The number of benzene rings is 1. The van der Waals surface area contributed by atoms with Gasteiger partial charge in [-0.3, -0.25) is 4.98 Å². The molecule has 1 heterocycles. The third kappa shape index (κ3) is 3.31. The van der Waals surface area contributed by atoms with Gasteiger partial charge in [-0.05, 0) is 19.9 Å². The van der Waals surface area contributed by atoms with Gasteiger partial charge in [-0.15, -0.1) is 0 Å². The zero-order chi connectivity index (χ0) is 15.4. The first-order valence-corrected chi connectivity index (χ1v) is 6.67. The molecule has 2 N–H and O–H groups in total. The van der Waals surface area contributed by atoms with Gasteiger partial charge in [0.15, 0.2) is 0 Å². The first kappa shape index (κ1) is 15.3. The summed E-state index contributed by atoms with van der Waals surface area (Å²) in [5.74, 6) is 0.889. The zero-order valence-electron chi connectivity index (χ0n) is 12.4. The second-order valence-electron chi connectivity index (χ2n) is 4.79. The summed E-state index contributed by atoms with van der Waals surface area (Å²) in [7, 11) is 1.63. The van der Waals surface area contributed by atoms with Crippen LogP contribution >= 0.6 is 0 Å². The molecule has 0 saturated carbocycles. The van der Waals surface area contributed by atoms with Crippen LogP contribution in [-0.2, 0) is 13.2 Å². The summed E-state index contributed by atoms with van der Waals surface area (Å²) >= 11 is 0. The number of nitrogens with two attached hydrogens (primary N) is 1. The highest BCUT2D eigenvalue weighted by molar-refractivity contribution is 5.41. The Balaban J connectivity index is 2.15. The summed E-state index contributed by atoms with van der Waals surface area (Å²) in [6.45, 7) is 4.28. The van der Waals surface area contributed by atoms with E-state index in [0.717, 1.165) is 22.6 Å². The minimum absolute atomic E-state index is 0.169. The number of aryl methyl sites for hydroxylation is 1. The smallest absolute Gasteiger partial charge is 0.131 e. The van der Waals surface area contributed by atoms with Crippen molar-refractivity contribution in [3.05, 3.63) is 52.6 Å². The second kappa shape index (κ2) is 6.54. The highest BCUT2D eigenvalue weighted by Gasteiger charge is 2.10. The van der Waals surface area contributed by atoms with Crippen molar-refractivity contribution in [3.63, 3.8) is 0 Å². The number of rotatable bonds is 5. The Kier molecular flexibility index (Phi) is 4.75. The second-order valence-corrected chi connectivity index (χ2v) is 4.79. The average Bonchev–Trinajstić information content (AvgIpc) is 2.47. The van der Waals surface area contributed by atoms with Crippen LogP contribution in [0.5, 0.6) is 11.5 Å². The Morgan fingerprint density at radius 1 is 1.29 bits per heavy atom. The lowest BCUT2D eigenvalue weighted by atomic mass is 10.1. The third-order valence-electron chi connectivity index (χ3n) is 3.37. The molecular formula is C16H19FN2O2. The van der Waals surface area contributed by atoms with Crippen LogP contribution in [-0.4, -0.2) is 12.1 Å². The number of hydrogen-bond donors (Lipinski definition) is 1. The highest BCUT2D eigenvalue weighted by atomic mass is 19.1. The summed E-state index contributed by atoms with van der Waals surface area (Å²) in [6.07, 6.45) is 1.74. The summed E-state index contributed by atoms with van der Waals surface area (Å²) in [6, 6.07) is 4.66. The maximum absolute atomic E-state index is 13.6. The molecule has 0 atom stereocenters. The van der Waals surface area contributed by atoms with E-state index in [4.69, 9.17) is 15.2 Å². The van der Waals surface area contributed by atoms with Gasteiger partial charge in [0, 0.05) is 35.5 Å². The Hall–Kier alpha value is -2.14. The lowest BCUT2D eigenvalue weighted by Gasteiger charge is -2.13. The number of pyridine rings is 1. The number of aromatic nitrogens is 1. The Morgan fingerprint density at radius 3 is 2.67 bits per heavy atom. The van der Waals surface area contributed by atoms with Gasteiger partial charge in [0.1, 0.15) is 23.9 Å². The molecule has 0 bridgehead atoms. The molecule has 0 spiro atoms. The topological polar surface area (TPSA) is 57.4 Å². The van der Waals surface area contributed by atoms with Crippen LogP contribution < -0.4 is 15.2 Å². The van der Waals surface area contributed by atoms with Crippen molar-refractivity contribution in [2.75, 3.05) is 7.11 Å². The van der Waals surface area contributed by atoms with Crippen LogP contribution in [0.2, 0.25) is 0 Å². The SMILES string of the molecule is COc1c(C)cnc(COc2ccc(CN)c(F)c2)c1C. The van der Waals surface area contributed by atoms with E-state index in [2.05, 4.69) is 4.98 Å². The zero-order valence-corrected chi connectivity index (χ0v) is 12.4. The Labute approximate surface area is 123 Å². The molecular weight excluding hydrogens is 271 g/mol. The van der Waals surface area contributed by atoms with Gasteiger partial charge in [-0.1, -0.05) is 6.07 Å². The monoisotopic (exact) mass is 290 g/mol. The molecule has 0 amide bonds. The lowest BCUT2D eigenvalue weighted by molar-refractivity contribution is 0.297. The molecule has 112 valence electrons. The molecule has 1 aromatic carbocycles. The van der Waals surface area contributed by atoms with E-state index in [1.54, 1.807) is 25.4 Å². The fourth-order valence-electron chi connectivity index (χ4n) is 2.15. The van der Waals surface area contributed by atoms with E-state index in [1.807, 2.05) is 13.8 Å². The molecule has 0 unspecified atom stereocenters. The van der Waals surface area contributed by atoms with Gasteiger partial charge in [0.2, 0.25) is 0 Å². The highest BCUT2D eigenvalue weighted by Crippen LogP contribution is 2.25. The molecule has 2 rings (SSSR count). The average molecular weight is 290 g/mol. The van der Waals surface area contributed by atoms with Gasteiger partial charge < -0.3 is 15.2 Å². The van der Waals surface area contributed by atoms with Crippen molar-refractivity contribution >= 4 is 0 Å². The van der Waals surface area contributed by atoms with Crippen molar-refractivity contribution in [1.29, 1.82) is 0 Å². The van der Waals surface area contributed by atoms with E-state index in [-0.39, 0.29) is 19.0 Å². The van der Waals surface area contributed by atoms with Gasteiger partial charge >= 0.3 is 0 Å². The Bertz CT molecular complexity index is 644. The van der Waals surface area contributed by atoms with Crippen molar-refractivity contribution in [2.45, 2.75) is 27.0 Å². The molecule has 2 aromatic rings. The predicted octanol–water partition coefficient (Wildman–Crippen LogP) is 2.88. The van der Waals surface area contributed by atoms with Crippen LogP contribution in [0.1, 0.15) is 22.4 Å². The molecule has 1 aromatic heterocycles. The number of nitrogens with zero attached hydrogens (tertiary/aromatic N) is 1. The normalized spacial score (nSPS) is 10.5. The van der Waals surface area contributed by atoms with Crippen molar-refractivity contribution < 1.29 is 13.9 Å². The molecule has 0 saturated heterocycles. The quantitative estimate of drug-likeness (QED) is 0.920. The van der Waals surface area contributed by atoms with Crippen LogP contribution in [0.4, 0.5) is 4.39 Å². The van der Waals surface area contributed by atoms with E-state index in [9.17, 15) is 4.39 Å². The van der Waals surface area contributed by atoms with Crippen LogP contribution in [0.15, 0.2) is 24.4 Å². The first-order valence-electron chi connectivity index (χ1n) is 6.67. The van der Waals surface area contributed by atoms with Gasteiger partial charge in [-0.2, -0.15) is 0 Å². The van der Waals surface area contributed by atoms with Crippen molar-refractivity contribution in [2.24, 2.45) is 5.73 Å². The number of hydrogen-bond acceptors (Lipinski definition) is 4. The molecule has 4 nitrogen and oxygen atoms in total. The van der Waals surface area contributed by atoms with E-state index in [1.165, 1.54) is 6.07 Å². The fraction of sp³-hybridized carbons (Fsp3) is 0.312. The largest absolute Gasteiger partial charge is 0.496 e. The van der Waals surface area contributed by atoms with Gasteiger partial charge in [-0.25, -0.2) is 4.39 Å². The van der Waals surface area contributed by atoms with Crippen LogP contribution in [0.3, 0.4) is 0 Å². The minimum Gasteiger partial charge on any atom is -0.496 e. The molecule has 21 heavy (non-hydrogen) atoms. The lowest BCUT2D eigenvalue weighted by Crippen LogP contribution is -2.05. The molecule has 0 aliphatic rings. The van der Waals surface area contributed by atoms with E-state index >= 15 is 0 Å². The molecule has 0 aliphatic carbocycles. The van der Waals surface area contributed by atoms with Crippen LogP contribution in [0, 0.1) is 19.7 Å². The minimum atomic E-state index is -0.360. The summed E-state index contributed by atoms with van der Waals surface area (Å²) in [5.41, 5.74) is 8.55. The predicted molar refractivity (Wildman–Crippen MR) is 78.9 cm³/mol. The third-order valence-corrected chi connectivity index (χ3v) is 3.37. The van der Waals surface area contributed by atoms with Crippen molar-refractivity contribution in [1.82, 2.24) is 4.98 Å².